The standard InChI is InChI=1S/C10H13IO6S/c1-2-4(11)10(12)16-7-5-3-6-8(15-5)9(7)17-18(6,13)14/h4-9H,2-3H2,1H3. The van der Waals surface area contributed by atoms with Crippen LogP contribution in [-0.4, -0.2) is 48.0 Å². The largest absolute Gasteiger partial charge is 0.456 e. The zero-order chi connectivity index (χ0) is 13.1. The topological polar surface area (TPSA) is 78.9 Å². The van der Waals surface area contributed by atoms with Gasteiger partial charge in [-0.1, -0.05) is 29.5 Å². The smallest absolute Gasteiger partial charge is 0.319 e. The summed E-state index contributed by atoms with van der Waals surface area (Å²) in [5.41, 5.74) is 0. The number of hydrogen-bond acceptors (Lipinski definition) is 6. The van der Waals surface area contributed by atoms with Crippen molar-refractivity contribution in [1.82, 2.24) is 0 Å². The quantitative estimate of drug-likeness (QED) is 0.301. The second-order valence-corrected chi connectivity index (χ2v) is 8.03. The Labute approximate surface area is 119 Å². The number of esters is 1. The van der Waals surface area contributed by atoms with Crippen LogP contribution in [0, 0.1) is 0 Å². The number of alkyl halides is 1. The Morgan fingerprint density at radius 1 is 1.50 bits per heavy atom. The molecule has 0 radical (unpaired) electrons. The molecule has 3 fully saturated rings. The van der Waals surface area contributed by atoms with Gasteiger partial charge in [-0.3, -0.25) is 8.98 Å². The summed E-state index contributed by atoms with van der Waals surface area (Å²) in [5, 5.41) is -0.580. The van der Waals surface area contributed by atoms with E-state index in [4.69, 9.17) is 13.7 Å². The normalized spacial score (nSPS) is 45.1. The molecule has 3 aliphatic rings. The van der Waals surface area contributed by atoms with Crippen molar-refractivity contribution in [2.24, 2.45) is 0 Å². The first-order chi connectivity index (χ1) is 8.44. The summed E-state index contributed by atoms with van der Waals surface area (Å²) in [6.45, 7) is 1.89. The van der Waals surface area contributed by atoms with Crippen molar-refractivity contribution in [2.45, 2.75) is 53.4 Å². The molecule has 6 atom stereocenters. The van der Waals surface area contributed by atoms with E-state index in [-0.39, 0.29) is 16.0 Å². The summed E-state index contributed by atoms with van der Waals surface area (Å²) in [6.07, 6.45) is -1.01. The molecule has 0 N–H and O–H groups in total. The van der Waals surface area contributed by atoms with Crippen LogP contribution in [0.15, 0.2) is 0 Å². The predicted molar refractivity (Wildman–Crippen MR) is 68.8 cm³/mol. The summed E-state index contributed by atoms with van der Waals surface area (Å²) in [4.78, 5) is 11.8. The third-order valence-electron chi connectivity index (χ3n) is 3.66. The van der Waals surface area contributed by atoms with E-state index in [9.17, 15) is 13.2 Å². The predicted octanol–water partition coefficient (Wildman–Crippen LogP) is 0.380. The van der Waals surface area contributed by atoms with Gasteiger partial charge in [-0.25, -0.2) is 0 Å². The van der Waals surface area contributed by atoms with E-state index in [1.807, 2.05) is 29.5 Å². The van der Waals surface area contributed by atoms with Gasteiger partial charge in [0, 0.05) is 0 Å². The van der Waals surface area contributed by atoms with E-state index < -0.39 is 33.7 Å². The van der Waals surface area contributed by atoms with Crippen molar-refractivity contribution in [2.75, 3.05) is 0 Å². The van der Waals surface area contributed by atoms with Gasteiger partial charge in [0.1, 0.15) is 21.4 Å². The fourth-order valence-electron chi connectivity index (χ4n) is 2.74. The number of carbonyl (C=O) groups excluding carboxylic acids is 1. The Hall–Kier alpha value is 0.0700. The first-order valence-corrected chi connectivity index (χ1v) is 8.58. The van der Waals surface area contributed by atoms with Crippen LogP contribution in [0.3, 0.4) is 0 Å². The van der Waals surface area contributed by atoms with Crippen molar-refractivity contribution in [3.05, 3.63) is 0 Å². The summed E-state index contributed by atoms with van der Waals surface area (Å²) in [5.74, 6) is -0.330. The number of ether oxygens (including phenoxy) is 2. The molecule has 0 aromatic rings. The molecule has 0 aromatic carbocycles. The van der Waals surface area contributed by atoms with Crippen LogP contribution in [0.1, 0.15) is 19.8 Å². The molecule has 18 heavy (non-hydrogen) atoms. The Kier molecular flexibility index (Phi) is 3.11. The van der Waals surface area contributed by atoms with Crippen molar-refractivity contribution in [3.8, 4) is 0 Å². The van der Waals surface area contributed by atoms with E-state index in [1.165, 1.54) is 0 Å². The Bertz CT molecular complexity index is 477. The van der Waals surface area contributed by atoms with Crippen LogP contribution in [0.5, 0.6) is 0 Å². The minimum atomic E-state index is -3.54. The molecule has 8 heteroatoms. The van der Waals surface area contributed by atoms with Crippen LogP contribution in [0.4, 0.5) is 0 Å². The van der Waals surface area contributed by atoms with Crippen molar-refractivity contribution < 1.29 is 26.9 Å². The van der Waals surface area contributed by atoms with E-state index in [2.05, 4.69) is 0 Å². The first kappa shape index (κ1) is 13.1. The molecule has 2 bridgehead atoms. The minimum absolute atomic E-state index is 0.226. The zero-order valence-corrected chi connectivity index (χ0v) is 12.6. The maximum Gasteiger partial charge on any atom is 0.319 e. The highest BCUT2D eigenvalue weighted by molar-refractivity contribution is 14.1. The third kappa shape index (κ3) is 1.80. The highest BCUT2D eigenvalue weighted by Crippen LogP contribution is 2.47. The van der Waals surface area contributed by atoms with Gasteiger partial charge in [0.15, 0.2) is 6.10 Å². The van der Waals surface area contributed by atoms with Gasteiger partial charge in [-0.2, -0.15) is 8.42 Å². The van der Waals surface area contributed by atoms with Crippen molar-refractivity contribution in [3.63, 3.8) is 0 Å². The monoisotopic (exact) mass is 388 g/mol. The van der Waals surface area contributed by atoms with Crippen LogP contribution in [0.25, 0.3) is 0 Å². The lowest BCUT2D eigenvalue weighted by molar-refractivity contribution is -0.153. The number of fused-ring (bicyclic) bond motifs is 1. The van der Waals surface area contributed by atoms with Gasteiger partial charge in [0.05, 0.1) is 6.10 Å². The molecule has 3 rings (SSSR count). The average molecular weight is 388 g/mol. The molecule has 0 aromatic heterocycles. The molecule has 0 amide bonds. The van der Waals surface area contributed by atoms with Crippen molar-refractivity contribution >= 4 is 38.7 Å². The lowest BCUT2D eigenvalue weighted by Crippen LogP contribution is -2.42. The fraction of sp³-hybridized carbons (Fsp3) is 0.900. The van der Waals surface area contributed by atoms with Gasteiger partial charge in [0.2, 0.25) is 0 Å². The molecule has 3 saturated heterocycles. The lowest BCUT2D eigenvalue weighted by Gasteiger charge is -2.22. The Morgan fingerprint density at radius 2 is 2.22 bits per heavy atom. The van der Waals surface area contributed by atoms with E-state index in [1.54, 1.807) is 0 Å². The summed E-state index contributed by atoms with van der Waals surface area (Å²) in [7, 11) is -3.54. The van der Waals surface area contributed by atoms with Gasteiger partial charge in [-0.15, -0.1) is 0 Å². The molecular weight excluding hydrogens is 375 g/mol. The van der Waals surface area contributed by atoms with E-state index >= 15 is 0 Å². The highest BCUT2D eigenvalue weighted by Gasteiger charge is 2.67. The number of carbonyl (C=O) groups is 1. The molecular formula is C10H13IO6S. The molecule has 3 heterocycles. The van der Waals surface area contributed by atoms with Gasteiger partial charge >= 0.3 is 5.97 Å². The van der Waals surface area contributed by atoms with Gasteiger partial charge in [-0.05, 0) is 12.8 Å². The van der Waals surface area contributed by atoms with Crippen LogP contribution in [0.2, 0.25) is 0 Å². The lowest BCUT2D eigenvalue weighted by atomic mass is 9.94. The van der Waals surface area contributed by atoms with Gasteiger partial charge in [0.25, 0.3) is 10.1 Å². The summed E-state index contributed by atoms with van der Waals surface area (Å²) >= 11 is 2.01. The molecule has 6 unspecified atom stereocenters. The Balaban J connectivity index is 1.76. The Morgan fingerprint density at radius 3 is 2.89 bits per heavy atom. The molecule has 3 aliphatic heterocycles. The molecule has 0 aliphatic carbocycles. The molecule has 6 nitrogen and oxygen atoms in total. The first-order valence-electron chi connectivity index (χ1n) is 5.86. The van der Waals surface area contributed by atoms with Crippen LogP contribution in [-0.2, 0) is 28.6 Å². The van der Waals surface area contributed by atoms with E-state index in [0.717, 1.165) is 0 Å². The number of hydrogen-bond donors (Lipinski definition) is 0. The molecule has 0 spiro atoms. The second-order valence-electron chi connectivity index (χ2n) is 4.74. The second kappa shape index (κ2) is 4.29. The number of halogens is 1. The minimum Gasteiger partial charge on any atom is -0.456 e. The highest BCUT2D eigenvalue weighted by atomic mass is 127. The fourth-order valence-corrected chi connectivity index (χ4v) is 4.53. The summed E-state index contributed by atoms with van der Waals surface area (Å²) in [6, 6.07) is 0. The maximum absolute atomic E-state index is 11.8. The summed E-state index contributed by atoms with van der Waals surface area (Å²) < 4.78 is 39.0. The van der Waals surface area contributed by atoms with Gasteiger partial charge < -0.3 is 9.47 Å². The van der Waals surface area contributed by atoms with E-state index in [0.29, 0.717) is 12.8 Å². The van der Waals surface area contributed by atoms with Crippen LogP contribution < -0.4 is 0 Å². The molecule has 102 valence electrons. The average Bonchev–Trinajstić information content (AvgIpc) is 2.91. The maximum atomic E-state index is 11.8. The van der Waals surface area contributed by atoms with Crippen molar-refractivity contribution in [1.29, 1.82) is 0 Å². The molecule has 0 saturated carbocycles. The SMILES string of the molecule is CCC(I)C(=O)OC1C2CC3C(O2)C1OS3(=O)=O. The number of rotatable bonds is 3. The van der Waals surface area contributed by atoms with Crippen LogP contribution >= 0.6 is 22.6 Å². The zero-order valence-electron chi connectivity index (χ0n) is 9.61. The third-order valence-corrected chi connectivity index (χ3v) is 6.74.